The minimum Gasteiger partial charge on any atom is -0.352 e. The van der Waals surface area contributed by atoms with Crippen molar-refractivity contribution in [3.05, 3.63) is 33.6 Å². The van der Waals surface area contributed by atoms with E-state index in [4.69, 9.17) is 11.6 Å². The molecule has 68 valence electrons. The van der Waals surface area contributed by atoms with Crippen LogP contribution < -0.4 is 0 Å². The Hall–Kier alpha value is -0.800. The van der Waals surface area contributed by atoms with Crippen LogP contribution in [0.25, 0.3) is 0 Å². The summed E-state index contributed by atoms with van der Waals surface area (Å²) in [6, 6.07) is 4.17. The molecule has 1 aromatic rings. The first-order valence-electron chi connectivity index (χ1n) is 3.99. The van der Waals surface area contributed by atoms with Crippen molar-refractivity contribution in [3.63, 3.8) is 0 Å². The van der Waals surface area contributed by atoms with Crippen molar-refractivity contribution in [1.29, 1.82) is 0 Å². The molecule has 1 aromatic heterocycles. The Balaban J connectivity index is 1.98. The molecule has 0 fully saturated rings. The summed E-state index contributed by atoms with van der Waals surface area (Å²) in [4.78, 5) is 7.45. The van der Waals surface area contributed by atoms with E-state index in [1.165, 1.54) is 4.88 Å². The average molecular weight is 213 g/mol. The van der Waals surface area contributed by atoms with Gasteiger partial charge in [0.05, 0.1) is 24.5 Å². The lowest BCUT2D eigenvalue weighted by atomic mass is 10.4. The van der Waals surface area contributed by atoms with Crippen LogP contribution in [0.4, 0.5) is 0 Å². The molecule has 0 unspecified atom stereocenters. The van der Waals surface area contributed by atoms with Gasteiger partial charge in [0.25, 0.3) is 0 Å². The third-order valence-electron chi connectivity index (χ3n) is 1.74. The highest BCUT2D eigenvalue weighted by Crippen LogP contribution is 2.14. The molecule has 2 nitrogen and oxygen atoms in total. The maximum absolute atomic E-state index is 5.86. The van der Waals surface area contributed by atoms with Crippen molar-refractivity contribution in [3.8, 4) is 0 Å². The van der Waals surface area contributed by atoms with Crippen molar-refractivity contribution in [1.82, 2.24) is 4.90 Å². The number of aliphatic imine (C=N–C) groups is 1. The van der Waals surface area contributed by atoms with Gasteiger partial charge in [0, 0.05) is 11.1 Å². The minimum atomic E-state index is 0.767. The summed E-state index contributed by atoms with van der Waals surface area (Å²) in [5.41, 5.74) is 0. The number of rotatable bonds is 2. The molecule has 0 saturated carbocycles. The first-order chi connectivity index (χ1) is 6.34. The van der Waals surface area contributed by atoms with Gasteiger partial charge < -0.3 is 4.90 Å². The monoisotopic (exact) mass is 212 g/mol. The second-order valence-corrected chi connectivity index (χ2v) is 4.34. The van der Waals surface area contributed by atoms with Crippen LogP contribution in [0.5, 0.6) is 0 Å². The van der Waals surface area contributed by atoms with Crippen molar-refractivity contribution in [2.75, 3.05) is 6.54 Å². The van der Waals surface area contributed by atoms with Crippen LogP contribution in [-0.2, 0) is 6.54 Å². The molecule has 1 aliphatic heterocycles. The predicted octanol–water partition coefficient (Wildman–Crippen LogP) is 2.67. The summed E-state index contributed by atoms with van der Waals surface area (Å²) in [7, 11) is 0. The summed E-state index contributed by atoms with van der Waals surface area (Å²) in [6.45, 7) is 1.66. The molecule has 0 aliphatic carbocycles. The smallest absolute Gasteiger partial charge is 0.0912 e. The van der Waals surface area contributed by atoms with Gasteiger partial charge in [-0.1, -0.05) is 17.7 Å². The maximum Gasteiger partial charge on any atom is 0.0912 e. The van der Waals surface area contributed by atoms with Gasteiger partial charge >= 0.3 is 0 Å². The van der Waals surface area contributed by atoms with Crippen LogP contribution in [0, 0.1) is 0 Å². The lowest BCUT2D eigenvalue weighted by Crippen LogP contribution is -2.24. The molecule has 0 bridgehead atoms. The lowest BCUT2D eigenvalue weighted by Gasteiger charge is -2.20. The Labute approximate surface area is 86.2 Å². The second kappa shape index (κ2) is 3.94. The fourth-order valence-corrected chi connectivity index (χ4v) is 2.12. The van der Waals surface area contributed by atoms with E-state index in [9.17, 15) is 0 Å². The Kier molecular flexibility index (Phi) is 2.66. The van der Waals surface area contributed by atoms with Gasteiger partial charge in [-0.3, -0.25) is 0 Å². The van der Waals surface area contributed by atoms with Crippen molar-refractivity contribution in [2.45, 2.75) is 6.54 Å². The second-order valence-electron chi connectivity index (χ2n) is 2.82. The lowest BCUT2D eigenvalue weighted by molar-refractivity contribution is 0.466. The van der Waals surface area contributed by atoms with Crippen molar-refractivity contribution < 1.29 is 0 Å². The normalized spacial score (nSPS) is 16.1. The number of halogens is 1. The highest BCUT2D eigenvalue weighted by atomic mass is 35.5. The highest BCUT2D eigenvalue weighted by molar-refractivity contribution is 7.09. The van der Waals surface area contributed by atoms with Gasteiger partial charge in [0.15, 0.2) is 0 Å². The van der Waals surface area contributed by atoms with E-state index in [1.54, 1.807) is 17.5 Å². The summed E-state index contributed by atoms with van der Waals surface area (Å²) in [5.74, 6) is 0. The predicted molar refractivity (Wildman–Crippen MR) is 57.2 cm³/mol. The third-order valence-corrected chi connectivity index (χ3v) is 2.82. The molecule has 0 spiro atoms. The molecule has 4 heteroatoms. The van der Waals surface area contributed by atoms with Crippen LogP contribution in [-0.4, -0.2) is 17.8 Å². The van der Waals surface area contributed by atoms with Gasteiger partial charge in [-0.25, -0.2) is 4.99 Å². The largest absolute Gasteiger partial charge is 0.352 e. The molecule has 2 rings (SSSR count). The highest BCUT2D eigenvalue weighted by Gasteiger charge is 2.07. The van der Waals surface area contributed by atoms with E-state index in [1.807, 2.05) is 6.34 Å². The van der Waals surface area contributed by atoms with E-state index < -0.39 is 0 Å². The quantitative estimate of drug-likeness (QED) is 0.736. The summed E-state index contributed by atoms with van der Waals surface area (Å²) >= 11 is 7.61. The molecule has 0 atom stereocenters. The molecule has 1 aliphatic rings. The van der Waals surface area contributed by atoms with E-state index in [-0.39, 0.29) is 0 Å². The molecule has 13 heavy (non-hydrogen) atoms. The van der Waals surface area contributed by atoms with Crippen LogP contribution >= 0.6 is 22.9 Å². The Bertz CT molecular complexity index is 329. The standard InChI is InChI=1S/C9H9ClN2S/c10-8-4-11-7-12(5-8)6-9-2-1-3-13-9/h1-4,7H,5-6H2. The average Bonchev–Trinajstić information content (AvgIpc) is 2.57. The van der Waals surface area contributed by atoms with E-state index in [0.29, 0.717) is 0 Å². The fourth-order valence-electron chi connectivity index (χ4n) is 1.18. The molecule has 0 saturated heterocycles. The SMILES string of the molecule is ClC1=CN=CN(Cc2cccs2)C1. The molecule has 2 heterocycles. The molecular weight excluding hydrogens is 204 g/mol. The Morgan fingerprint density at radius 1 is 1.62 bits per heavy atom. The van der Waals surface area contributed by atoms with Gasteiger partial charge in [-0.05, 0) is 11.4 Å². The van der Waals surface area contributed by atoms with Gasteiger partial charge in [-0.2, -0.15) is 0 Å². The summed E-state index contributed by atoms with van der Waals surface area (Å²) in [5, 5.41) is 2.87. The van der Waals surface area contributed by atoms with E-state index in [2.05, 4.69) is 27.4 Å². The Morgan fingerprint density at radius 2 is 2.54 bits per heavy atom. The minimum absolute atomic E-state index is 0.767. The van der Waals surface area contributed by atoms with Crippen LogP contribution in [0.3, 0.4) is 0 Å². The number of thiophene rings is 1. The van der Waals surface area contributed by atoms with E-state index in [0.717, 1.165) is 18.1 Å². The molecule has 0 aromatic carbocycles. The Morgan fingerprint density at radius 3 is 3.23 bits per heavy atom. The summed E-state index contributed by atoms with van der Waals surface area (Å²) < 4.78 is 0. The zero-order valence-electron chi connectivity index (χ0n) is 6.98. The first-order valence-corrected chi connectivity index (χ1v) is 5.24. The topological polar surface area (TPSA) is 15.6 Å². The number of hydrogen-bond acceptors (Lipinski definition) is 3. The zero-order valence-corrected chi connectivity index (χ0v) is 8.55. The number of hydrogen-bond donors (Lipinski definition) is 0. The number of nitrogens with zero attached hydrogens (tertiary/aromatic N) is 2. The van der Waals surface area contributed by atoms with Crippen LogP contribution in [0.2, 0.25) is 0 Å². The van der Waals surface area contributed by atoms with Crippen molar-refractivity contribution in [2.24, 2.45) is 4.99 Å². The van der Waals surface area contributed by atoms with Crippen LogP contribution in [0.1, 0.15) is 4.88 Å². The van der Waals surface area contributed by atoms with Crippen molar-refractivity contribution >= 4 is 29.3 Å². The zero-order chi connectivity index (χ0) is 9.10. The molecular formula is C9H9ClN2S. The molecule has 0 N–H and O–H groups in total. The maximum atomic E-state index is 5.86. The van der Waals surface area contributed by atoms with Crippen LogP contribution in [0.15, 0.2) is 33.7 Å². The first kappa shape index (κ1) is 8.78. The van der Waals surface area contributed by atoms with E-state index >= 15 is 0 Å². The third kappa shape index (κ3) is 2.32. The fraction of sp³-hybridized carbons (Fsp3) is 0.222. The molecule has 0 radical (unpaired) electrons. The summed E-state index contributed by atoms with van der Waals surface area (Å²) in [6.07, 6.45) is 3.51. The van der Waals surface area contributed by atoms with Gasteiger partial charge in [0.2, 0.25) is 0 Å². The van der Waals surface area contributed by atoms with Gasteiger partial charge in [0.1, 0.15) is 0 Å². The van der Waals surface area contributed by atoms with Gasteiger partial charge in [-0.15, -0.1) is 11.3 Å². The molecule has 0 amide bonds.